The standard InChI is InChI=1S/C17H18BrNO2/c1-4-12-5-7-13(8-6-12)17(20)19-15-10-14(18)11(2)9-16(15)21-3/h5-10H,4H2,1-3H3,(H,19,20). The third-order valence-electron chi connectivity index (χ3n) is 3.35. The van der Waals surface area contributed by atoms with Crippen LogP contribution in [0.3, 0.4) is 0 Å². The summed E-state index contributed by atoms with van der Waals surface area (Å²) < 4.78 is 6.25. The molecular weight excluding hydrogens is 330 g/mol. The van der Waals surface area contributed by atoms with Crippen LogP contribution in [0, 0.1) is 6.92 Å². The van der Waals surface area contributed by atoms with Gasteiger partial charge in [0.2, 0.25) is 0 Å². The molecule has 0 aliphatic heterocycles. The van der Waals surface area contributed by atoms with Crippen molar-refractivity contribution in [2.24, 2.45) is 0 Å². The van der Waals surface area contributed by atoms with Gasteiger partial charge in [0.25, 0.3) is 5.91 Å². The Balaban J connectivity index is 2.24. The normalized spacial score (nSPS) is 10.3. The molecule has 0 saturated carbocycles. The summed E-state index contributed by atoms with van der Waals surface area (Å²) >= 11 is 3.47. The second kappa shape index (κ2) is 6.76. The zero-order valence-corrected chi connectivity index (χ0v) is 14.0. The van der Waals surface area contributed by atoms with E-state index in [1.54, 1.807) is 7.11 Å². The first-order valence-corrected chi connectivity index (χ1v) is 7.59. The van der Waals surface area contributed by atoms with Crippen LogP contribution in [0.1, 0.15) is 28.4 Å². The monoisotopic (exact) mass is 347 g/mol. The molecular formula is C17H18BrNO2. The summed E-state index contributed by atoms with van der Waals surface area (Å²) in [6, 6.07) is 11.4. The van der Waals surface area contributed by atoms with Gasteiger partial charge in [0, 0.05) is 10.0 Å². The van der Waals surface area contributed by atoms with Crippen molar-refractivity contribution in [1.82, 2.24) is 0 Å². The zero-order valence-electron chi connectivity index (χ0n) is 12.4. The van der Waals surface area contributed by atoms with E-state index in [9.17, 15) is 4.79 Å². The summed E-state index contributed by atoms with van der Waals surface area (Å²) in [4.78, 5) is 12.3. The second-order valence-electron chi connectivity index (χ2n) is 4.81. The third-order valence-corrected chi connectivity index (χ3v) is 4.21. The predicted octanol–water partition coefficient (Wildman–Crippen LogP) is 4.58. The second-order valence-corrected chi connectivity index (χ2v) is 5.66. The molecule has 0 aliphatic rings. The number of halogens is 1. The molecule has 0 fully saturated rings. The number of methoxy groups -OCH3 is 1. The predicted molar refractivity (Wildman–Crippen MR) is 89.2 cm³/mol. The van der Waals surface area contributed by atoms with Crippen molar-refractivity contribution < 1.29 is 9.53 Å². The van der Waals surface area contributed by atoms with Gasteiger partial charge in [-0.25, -0.2) is 0 Å². The Morgan fingerprint density at radius 3 is 2.48 bits per heavy atom. The average Bonchev–Trinajstić information content (AvgIpc) is 2.50. The van der Waals surface area contributed by atoms with E-state index in [1.807, 2.05) is 43.3 Å². The van der Waals surface area contributed by atoms with Gasteiger partial charge in [-0.2, -0.15) is 0 Å². The summed E-state index contributed by atoms with van der Waals surface area (Å²) in [5.74, 6) is 0.501. The van der Waals surface area contributed by atoms with Crippen molar-refractivity contribution in [2.45, 2.75) is 20.3 Å². The number of benzene rings is 2. The summed E-state index contributed by atoms with van der Waals surface area (Å²) in [6.07, 6.45) is 0.959. The highest BCUT2D eigenvalue weighted by Crippen LogP contribution is 2.31. The number of aryl methyl sites for hydroxylation is 2. The van der Waals surface area contributed by atoms with Gasteiger partial charge in [-0.3, -0.25) is 4.79 Å². The molecule has 2 aromatic rings. The molecule has 0 spiro atoms. The smallest absolute Gasteiger partial charge is 0.255 e. The minimum Gasteiger partial charge on any atom is -0.495 e. The molecule has 1 N–H and O–H groups in total. The molecule has 4 heteroatoms. The number of nitrogens with one attached hydrogen (secondary N) is 1. The van der Waals surface area contributed by atoms with Crippen LogP contribution < -0.4 is 10.1 Å². The number of hydrogen-bond acceptors (Lipinski definition) is 2. The van der Waals surface area contributed by atoms with Crippen LogP contribution in [0.25, 0.3) is 0 Å². The fourth-order valence-corrected chi connectivity index (χ4v) is 2.35. The summed E-state index contributed by atoms with van der Waals surface area (Å²) in [5.41, 5.74) is 3.55. The van der Waals surface area contributed by atoms with Gasteiger partial charge in [-0.05, 0) is 48.7 Å². The minimum absolute atomic E-state index is 0.147. The Morgan fingerprint density at radius 1 is 1.24 bits per heavy atom. The first-order chi connectivity index (χ1) is 10.0. The van der Waals surface area contributed by atoms with Crippen molar-refractivity contribution in [3.8, 4) is 5.75 Å². The van der Waals surface area contributed by atoms with E-state index in [1.165, 1.54) is 5.56 Å². The number of carbonyl (C=O) groups excluding carboxylic acids is 1. The van der Waals surface area contributed by atoms with Gasteiger partial charge in [-0.15, -0.1) is 0 Å². The molecule has 0 atom stereocenters. The highest BCUT2D eigenvalue weighted by atomic mass is 79.9. The molecule has 0 aromatic heterocycles. The molecule has 2 rings (SSSR count). The Labute approximate surface area is 133 Å². The molecule has 2 aromatic carbocycles. The van der Waals surface area contributed by atoms with Crippen LogP contribution >= 0.6 is 15.9 Å². The van der Waals surface area contributed by atoms with Crippen molar-refractivity contribution in [2.75, 3.05) is 12.4 Å². The van der Waals surface area contributed by atoms with Crippen molar-refractivity contribution in [3.05, 3.63) is 57.6 Å². The van der Waals surface area contributed by atoms with E-state index in [-0.39, 0.29) is 5.91 Å². The lowest BCUT2D eigenvalue weighted by Crippen LogP contribution is -2.12. The molecule has 0 unspecified atom stereocenters. The average molecular weight is 348 g/mol. The molecule has 0 radical (unpaired) electrons. The van der Waals surface area contributed by atoms with Crippen LogP contribution in [0.4, 0.5) is 5.69 Å². The van der Waals surface area contributed by atoms with Gasteiger partial charge < -0.3 is 10.1 Å². The van der Waals surface area contributed by atoms with Gasteiger partial charge in [0.15, 0.2) is 0 Å². The molecule has 0 heterocycles. The SMILES string of the molecule is CCc1ccc(C(=O)Nc2cc(Br)c(C)cc2OC)cc1. The van der Waals surface area contributed by atoms with Crippen molar-refractivity contribution in [1.29, 1.82) is 0 Å². The van der Waals surface area contributed by atoms with Crippen LogP contribution in [-0.4, -0.2) is 13.0 Å². The van der Waals surface area contributed by atoms with E-state index in [4.69, 9.17) is 4.74 Å². The number of hydrogen-bond donors (Lipinski definition) is 1. The highest BCUT2D eigenvalue weighted by Gasteiger charge is 2.11. The molecule has 0 saturated heterocycles. The summed E-state index contributed by atoms with van der Waals surface area (Å²) in [7, 11) is 1.59. The molecule has 0 aliphatic carbocycles. The number of amides is 1. The molecule has 21 heavy (non-hydrogen) atoms. The van der Waals surface area contributed by atoms with E-state index in [0.717, 1.165) is 16.5 Å². The van der Waals surface area contributed by atoms with E-state index < -0.39 is 0 Å². The topological polar surface area (TPSA) is 38.3 Å². The Kier molecular flexibility index (Phi) is 5.02. The largest absolute Gasteiger partial charge is 0.495 e. The number of carbonyl (C=O) groups is 1. The maximum absolute atomic E-state index is 12.3. The zero-order chi connectivity index (χ0) is 15.4. The van der Waals surface area contributed by atoms with Crippen LogP contribution in [-0.2, 0) is 6.42 Å². The first kappa shape index (κ1) is 15.6. The Bertz CT molecular complexity index is 651. The fraction of sp³-hybridized carbons (Fsp3) is 0.235. The van der Waals surface area contributed by atoms with Gasteiger partial charge in [-0.1, -0.05) is 35.0 Å². The quantitative estimate of drug-likeness (QED) is 0.878. The number of rotatable bonds is 4. The first-order valence-electron chi connectivity index (χ1n) is 6.79. The Hall–Kier alpha value is -1.81. The molecule has 3 nitrogen and oxygen atoms in total. The maximum Gasteiger partial charge on any atom is 0.255 e. The van der Waals surface area contributed by atoms with Crippen LogP contribution in [0.2, 0.25) is 0 Å². The lowest BCUT2D eigenvalue weighted by Gasteiger charge is -2.12. The van der Waals surface area contributed by atoms with Gasteiger partial charge in [0.1, 0.15) is 5.75 Å². The maximum atomic E-state index is 12.3. The minimum atomic E-state index is -0.147. The summed E-state index contributed by atoms with van der Waals surface area (Å²) in [5, 5.41) is 2.89. The van der Waals surface area contributed by atoms with Gasteiger partial charge >= 0.3 is 0 Å². The number of ether oxygens (including phenoxy) is 1. The summed E-state index contributed by atoms with van der Waals surface area (Å²) in [6.45, 7) is 4.06. The lowest BCUT2D eigenvalue weighted by molar-refractivity contribution is 0.102. The Morgan fingerprint density at radius 2 is 1.90 bits per heavy atom. The van der Waals surface area contributed by atoms with Gasteiger partial charge in [0.05, 0.1) is 12.8 Å². The molecule has 0 bridgehead atoms. The van der Waals surface area contributed by atoms with Crippen molar-refractivity contribution >= 4 is 27.5 Å². The fourth-order valence-electron chi connectivity index (χ4n) is 2.01. The van der Waals surface area contributed by atoms with E-state index in [2.05, 4.69) is 28.2 Å². The lowest BCUT2D eigenvalue weighted by atomic mass is 10.1. The van der Waals surface area contributed by atoms with E-state index in [0.29, 0.717) is 17.0 Å². The molecule has 1 amide bonds. The highest BCUT2D eigenvalue weighted by molar-refractivity contribution is 9.10. The number of anilines is 1. The van der Waals surface area contributed by atoms with Crippen LogP contribution in [0.5, 0.6) is 5.75 Å². The van der Waals surface area contributed by atoms with E-state index >= 15 is 0 Å². The molecule has 110 valence electrons. The van der Waals surface area contributed by atoms with Crippen LogP contribution in [0.15, 0.2) is 40.9 Å². The van der Waals surface area contributed by atoms with Crippen molar-refractivity contribution in [3.63, 3.8) is 0 Å². The third kappa shape index (κ3) is 3.64.